The smallest absolute Gasteiger partial charge is 0.422 e. The van der Waals surface area contributed by atoms with Crippen molar-refractivity contribution < 1.29 is 37.3 Å². The number of carboxylic acid groups (broad SMARTS) is 1. The number of benzene rings is 1. The van der Waals surface area contributed by atoms with Crippen molar-refractivity contribution in [2.24, 2.45) is 0 Å². The third-order valence-corrected chi connectivity index (χ3v) is 3.82. The van der Waals surface area contributed by atoms with Crippen molar-refractivity contribution in [1.29, 1.82) is 0 Å². The highest BCUT2D eigenvalue weighted by Crippen LogP contribution is 2.26. The number of nitrogens with one attached hydrogen (secondary N) is 2. The molecule has 164 valence electrons. The number of halogens is 3. The number of hydrogen-bond acceptors (Lipinski definition) is 5. The quantitative estimate of drug-likeness (QED) is 0.628. The molecule has 0 radical (unpaired) electrons. The lowest BCUT2D eigenvalue weighted by Gasteiger charge is -2.23. The molecule has 2 rings (SSSR count). The van der Waals surface area contributed by atoms with Crippen LogP contribution in [0.15, 0.2) is 18.2 Å². The first-order valence-electron chi connectivity index (χ1n) is 9.30. The minimum Gasteiger partial charge on any atom is -0.493 e. The first-order valence-corrected chi connectivity index (χ1v) is 9.30. The Morgan fingerprint density at radius 1 is 1.28 bits per heavy atom. The zero-order valence-corrected chi connectivity index (χ0v) is 16.5. The van der Waals surface area contributed by atoms with Gasteiger partial charge in [0.05, 0.1) is 12.2 Å². The molecule has 1 saturated heterocycles. The van der Waals surface area contributed by atoms with Crippen molar-refractivity contribution in [3.05, 3.63) is 23.8 Å². The third-order valence-electron chi connectivity index (χ3n) is 3.82. The van der Waals surface area contributed by atoms with Gasteiger partial charge in [0, 0.05) is 19.5 Å². The van der Waals surface area contributed by atoms with Gasteiger partial charge < -0.3 is 25.2 Å². The van der Waals surface area contributed by atoms with E-state index in [1.807, 2.05) is 0 Å². The van der Waals surface area contributed by atoms with Crippen LogP contribution in [-0.2, 0) is 4.79 Å². The Kier molecular flexibility index (Phi) is 10.3. The monoisotopic (exact) mass is 420 g/mol. The largest absolute Gasteiger partial charge is 0.493 e. The Morgan fingerprint density at radius 2 is 1.97 bits per heavy atom. The molecule has 3 N–H and O–H groups in total. The maximum Gasteiger partial charge on any atom is 0.422 e. The van der Waals surface area contributed by atoms with Gasteiger partial charge in [-0.15, -0.1) is 0 Å². The molecular formula is C19H27F3N2O5. The van der Waals surface area contributed by atoms with E-state index < -0.39 is 24.7 Å². The summed E-state index contributed by atoms with van der Waals surface area (Å²) in [6, 6.07) is 4.29. The summed E-state index contributed by atoms with van der Waals surface area (Å²) in [6.45, 7) is 3.16. The van der Waals surface area contributed by atoms with E-state index in [0.29, 0.717) is 18.9 Å². The van der Waals surface area contributed by atoms with Crippen LogP contribution >= 0.6 is 0 Å². The predicted molar refractivity (Wildman–Crippen MR) is 100 cm³/mol. The summed E-state index contributed by atoms with van der Waals surface area (Å²) < 4.78 is 47.0. The first kappa shape index (κ1) is 24.5. The van der Waals surface area contributed by atoms with Gasteiger partial charge in [0.2, 0.25) is 0 Å². The van der Waals surface area contributed by atoms with Crippen molar-refractivity contribution in [2.45, 2.75) is 45.3 Å². The van der Waals surface area contributed by atoms with Gasteiger partial charge in [-0.2, -0.15) is 13.2 Å². The fourth-order valence-electron chi connectivity index (χ4n) is 2.63. The van der Waals surface area contributed by atoms with E-state index in [4.69, 9.17) is 19.4 Å². The Bertz CT molecular complexity index is 658. The number of carbonyl (C=O) groups excluding carboxylic acids is 1. The van der Waals surface area contributed by atoms with Crippen LogP contribution in [0.25, 0.3) is 0 Å². The van der Waals surface area contributed by atoms with Crippen LogP contribution in [0.2, 0.25) is 0 Å². The molecule has 10 heteroatoms. The normalized spacial score (nSPS) is 16.2. The molecule has 0 aromatic heterocycles. The van der Waals surface area contributed by atoms with Gasteiger partial charge in [-0.05, 0) is 44.5 Å². The van der Waals surface area contributed by atoms with E-state index in [2.05, 4.69) is 10.6 Å². The lowest BCUT2D eigenvalue weighted by molar-refractivity contribution is -0.153. The van der Waals surface area contributed by atoms with Crippen LogP contribution in [0.1, 0.15) is 43.5 Å². The molecule has 1 aromatic rings. The summed E-state index contributed by atoms with van der Waals surface area (Å²) in [5, 5.41) is 13.5. The molecule has 1 heterocycles. The summed E-state index contributed by atoms with van der Waals surface area (Å²) in [4.78, 5) is 21.4. The number of piperidine rings is 1. The third kappa shape index (κ3) is 10.6. The second kappa shape index (κ2) is 12.2. The number of hydrogen-bond donors (Lipinski definition) is 3. The van der Waals surface area contributed by atoms with E-state index in [0.717, 1.165) is 32.7 Å². The number of amides is 1. The zero-order valence-electron chi connectivity index (χ0n) is 16.5. The zero-order chi connectivity index (χ0) is 21.9. The number of carbonyl (C=O) groups is 2. The highest BCUT2D eigenvalue weighted by atomic mass is 19.4. The molecule has 29 heavy (non-hydrogen) atoms. The summed E-state index contributed by atoms with van der Waals surface area (Å²) in [6.07, 6.45) is -1.23. The van der Waals surface area contributed by atoms with Crippen LogP contribution in [-0.4, -0.2) is 55.5 Å². The van der Waals surface area contributed by atoms with E-state index in [9.17, 15) is 18.0 Å². The molecule has 0 bridgehead atoms. The van der Waals surface area contributed by atoms with Gasteiger partial charge in [0.1, 0.15) is 11.5 Å². The Labute approximate surface area is 167 Å². The highest BCUT2D eigenvalue weighted by molar-refractivity contribution is 5.97. The van der Waals surface area contributed by atoms with Crippen molar-refractivity contribution >= 4 is 11.9 Å². The lowest BCUT2D eigenvalue weighted by Crippen LogP contribution is -2.43. The maximum absolute atomic E-state index is 12.4. The number of ether oxygens (including phenoxy) is 2. The number of aliphatic carboxylic acids is 1. The topological polar surface area (TPSA) is 96.9 Å². The summed E-state index contributed by atoms with van der Waals surface area (Å²) in [7, 11) is 0. The van der Waals surface area contributed by atoms with Crippen molar-refractivity contribution in [3.63, 3.8) is 0 Å². The van der Waals surface area contributed by atoms with Gasteiger partial charge in [0.25, 0.3) is 11.9 Å². The average Bonchev–Trinajstić information content (AvgIpc) is 2.65. The highest BCUT2D eigenvalue weighted by Gasteiger charge is 2.28. The molecule has 1 aromatic carbocycles. The van der Waals surface area contributed by atoms with Gasteiger partial charge in [0.15, 0.2) is 6.61 Å². The molecule has 0 saturated carbocycles. The molecule has 0 aliphatic carbocycles. The second-order valence-corrected chi connectivity index (χ2v) is 6.37. The van der Waals surface area contributed by atoms with Crippen LogP contribution in [0, 0.1) is 0 Å². The number of alkyl halides is 3. The predicted octanol–water partition coefficient (Wildman–Crippen LogP) is 2.99. The fourth-order valence-corrected chi connectivity index (χ4v) is 2.63. The van der Waals surface area contributed by atoms with Crippen molar-refractivity contribution in [2.75, 3.05) is 26.3 Å². The summed E-state index contributed by atoms with van der Waals surface area (Å²) in [5.74, 6) is -0.939. The molecule has 0 spiro atoms. The summed E-state index contributed by atoms with van der Waals surface area (Å²) >= 11 is 0. The minimum atomic E-state index is -4.44. The van der Waals surface area contributed by atoms with Gasteiger partial charge in [-0.1, -0.05) is 6.42 Å². The fraction of sp³-hybridized carbons (Fsp3) is 0.579. The van der Waals surface area contributed by atoms with Gasteiger partial charge >= 0.3 is 6.18 Å². The molecule has 1 fully saturated rings. The van der Waals surface area contributed by atoms with Gasteiger partial charge in [-0.25, -0.2) is 0 Å². The Hall–Kier alpha value is -2.49. The van der Waals surface area contributed by atoms with Crippen molar-refractivity contribution in [1.82, 2.24) is 10.6 Å². The minimum absolute atomic E-state index is 0.0262. The second-order valence-electron chi connectivity index (χ2n) is 6.37. The van der Waals surface area contributed by atoms with Crippen molar-refractivity contribution in [3.8, 4) is 11.5 Å². The lowest BCUT2D eigenvalue weighted by atomic mass is 10.0. The SMILES string of the molecule is CC(=O)O.CCOc1ccc(OCC(F)(F)F)cc1C(=O)NCC1CCCCN1. The standard InChI is InChI=1S/C17H23F3N2O3.C2H4O2/c1-2-24-15-7-6-13(25-11-17(18,19)20)9-14(15)16(23)22-10-12-5-3-4-8-21-12;1-2(3)4/h6-7,9,12,21H,2-5,8,10-11H2,1H3,(H,22,23);1H3,(H,3,4). The van der Waals surface area contributed by atoms with E-state index in [1.165, 1.54) is 18.2 Å². The molecule has 1 aliphatic heterocycles. The molecule has 1 atom stereocenters. The molecule has 7 nitrogen and oxygen atoms in total. The molecule has 1 amide bonds. The number of rotatable bonds is 7. The van der Waals surface area contributed by atoms with E-state index in [-0.39, 0.29) is 17.4 Å². The molecule has 1 unspecified atom stereocenters. The average molecular weight is 420 g/mol. The van der Waals surface area contributed by atoms with Crippen LogP contribution < -0.4 is 20.1 Å². The molecule has 1 aliphatic rings. The van der Waals surface area contributed by atoms with E-state index >= 15 is 0 Å². The number of carboxylic acids is 1. The first-order chi connectivity index (χ1) is 13.6. The van der Waals surface area contributed by atoms with Gasteiger partial charge in [-0.3, -0.25) is 9.59 Å². The Morgan fingerprint density at radius 3 is 2.52 bits per heavy atom. The van der Waals surface area contributed by atoms with E-state index in [1.54, 1.807) is 6.92 Å². The maximum atomic E-state index is 12.4. The van der Waals surface area contributed by atoms with Crippen LogP contribution in [0.3, 0.4) is 0 Å². The Balaban J connectivity index is 0.000000960. The van der Waals surface area contributed by atoms with Crippen LogP contribution in [0.5, 0.6) is 11.5 Å². The van der Waals surface area contributed by atoms with Crippen LogP contribution in [0.4, 0.5) is 13.2 Å². The summed E-state index contributed by atoms with van der Waals surface area (Å²) in [5.41, 5.74) is 0.164. The molecular weight excluding hydrogens is 393 g/mol.